The number of halogens is 4. The van der Waals surface area contributed by atoms with Crippen LogP contribution in [0.2, 0.25) is 0 Å². The molecular weight excluding hydrogens is 350 g/mol. The highest BCUT2D eigenvalue weighted by Crippen LogP contribution is 2.34. The van der Waals surface area contributed by atoms with Gasteiger partial charge in [-0.05, 0) is 30.7 Å². The van der Waals surface area contributed by atoms with Crippen LogP contribution in [-0.2, 0) is 15.7 Å². The van der Waals surface area contributed by atoms with Crippen LogP contribution in [0.3, 0.4) is 0 Å². The van der Waals surface area contributed by atoms with Crippen LogP contribution in [0.5, 0.6) is 0 Å². The van der Waals surface area contributed by atoms with E-state index in [1.54, 1.807) is 0 Å². The summed E-state index contributed by atoms with van der Waals surface area (Å²) in [5.41, 5.74) is -0.138. The van der Waals surface area contributed by atoms with Gasteiger partial charge in [0.15, 0.2) is 6.29 Å². The molecule has 26 heavy (non-hydrogen) atoms. The normalized spacial score (nSPS) is 22.2. The zero-order chi connectivity index (χ0) is 18.7. The van der Waals surface area contributed by atoms with Gasteiger partial charge in [-0.15, -0.1) is 0 Å². The van der Waals surface area contributed by atoms with Crippen molar-refractivity contribution < 1.29 is 27.0 Å². The summed E-state index contributed by atoms with van der Waals surface area (Å²) in [4.78, 5) is 0. The quantitative estimate of drug-likeness (QED) is 0.799. The van der Waals surface area contributed by atoms with Crippen molar-refractivity contribution in [1.29, 1.82) is 0 Å². The average Bonchev–Trinajstić information content (AvgIpc) is 2.62. The minimum atomic E-state index is -4.54. The van der Waals surface area contributed by atoms with Crippen LogP contribution >= 0.6 is 0 Å². The second kappa shape index (κ2) is 7.73. The first-order valence-electron chi connectivity index (χ1n) is 8.28. The first-order chi connectivity index (χ1) is 12.4. The molecule has 3 nitrogen and oxygen atoms in total. The largest absolute Gasteiger partial charge is 0.416 e. The summed E-state index contributed by atoms with van der Waals surface area (Å²) in [5.74, 6) is -0.745. The van der Waals surface area contributed by atoms with Gasteiger partial charge in [0.25, 0.3) is 0 Å². The molecule has 1 aliphatic heterocycles. The Hall–Kier alpha value is -1.96. The Morgan fingerprint density at radius 1 is 1.15 bits per heavy atom. The van der Waals surface area contributed by atoms with E-state index in [2.05, 4.69) is 5.32 Å². The van der Waals surface area contributed by atoms with Crippen molar-refractivity contribution in [2.24, 2.45) is 0 Å². The molecule has 3 atom stereocenters. The lowest BCUT2D eigenvalue weighted by molar-refractivity contribution is -0.200. The lowest BCUT2D eigenvalue weighted by atomic mass is 10.0. The number of hydrogen-bond donors (Lipinski definition) is 1. The summed E-state index contributed by atoms with van der Waals surface area (Å²) in [6.45, 7) is 2.52. The molecule has 0 aromatic heterocycles. The summed E-state index contributed by atoms with van der Waals surface area (Å²) in [5, 5.41) is 3.27. The maximum absolute atomic E-state index is 14.1. The maximum Gasteiger partial charge on any atom is 0.416 e. The first-order valence-corrected chi connectivity index (χ1v) is 8.28. The van der Waals surface area contributed by atoms with Gasteiger partial charge >= 0.3 is 6.18 Å². The molecule has 0 amide bonds. The molecule has 2 aromatic carbocycles. The molecule has 0 saturated carbocycles. The maximum atomic E-state index is 14.1. The zero-order valence-corrected chi connectivity index (χ0v) is 14.1. The number of benzene rings is 2. The van der Waals surface area contributed by atoms with Gasteiger partial charge in [-0.25, -0.2) is 4.39 Å². The number of ether oxygens (including phenoxy) is 2. The Labute approximate surface area is 148 Å². The van der Waals surface area contributed by atoms with Gasteiger partial charge in [-0.3, -0.25) is 0 Å². The topological polar surface area (TPSA) is 30.5 Å². The van der Waals surface area contributed by atoms with Crippen LogP contribution in [0.15, 0.2) is 48.5 Å². The molecule has 1 heterocycles. The number of morpholine rings is 1. The lowest BCUT2D eigenvalue weighted by Gasteiger charge is -2.34. The molecule has 1 fully saturated rings. The Bertz CT molecular complexity index is 736. The summed E-state index contributed by atoms with van der Waals surface area (Å²) in [7, 11) is 0. The molecule has 0 bridgehead atoms. The molecule has 7 heteroatoms. The van der Waals surface area contributed by atoms with Crippen molar-refractivity contribution in [3.63, 3.8) is 0 Å². The molecule has 3 rings (SSSR count). The van der Waals surface area contributed by atoms with Crippen LogP contribution in [0.25, 0.3) is 0 Å². The summed E-state index contributed by atoms with van der Waals surface area (Å²) in [6, 6.07) is 11.5. The van der Waals surface area contributed by atoms with E-state index in [9.17, 15) is 17.6 Å². The van der Waals surface area contributed by atoms with Gasteiger partial charge in [0.05, 0.1) is 24.3 Å². The van der Waals surface area contributed by atoms with Gasteiger partial charge < -0.3 is 14.8 Å². The third-order valence-electron chi connectivity index (χ3n) is 4.28. The van der Waals surface area contributed by atoms with E-state index >= 15 is 0 Å². The van der Waals surface area contributed by atoms with Crippen molar-refractivity contribution >= 4 is 0 Å². The van der Waals surface area contributed by atoms with Crippen molar-refractivity contribution in [1.82, 2.24) is 5.32 Å². The number of alkyl halides is 3. The van der Waals surface area contributed by atoms with Gasteiger partial charge in [0.2, 0.25) is 0 Å². The van der Waals surface area contributed by atoms with Crippen LogP contribution in [0, 0.1) is 5.82 Å². The Balaban J connectivity index is 1.81. The van der Waals surface area contributed by atoms with E-state index in [1.807, 2.05) is 30.3 Å². The highest BCUT2D eigenvalue weighted by Gasteiger charge is 2.33. The molecule has 0 radical (unpaired) electrons. The van der Waals surface area contributed by atoms with E-state index in [1.165, 1.54) is 6.92 Å². The molecule has 1 saturated heterocycles. The van der Waals surface area contributed by atoms with Crippen molar-refractivity contribution in [2.45, 2.75) is 31.5 Å². The molecule has 1 aliphatic rings. The average molecular weight is 369 g/mol. The Kier molecular flexibility index (Phi) is 5.60. The molecule has 140 valence electrons. The second-order valence-electron chi connectivity index (χ2n) is 6.09. The van der Waals surface area contributed by atoms with E-state index in [-0.39, 0.29) is 11.6 Å². The van der Waals surface area contributed by atoms with E-state index in [4.69, 9.17) is 9.47 Å². The van der Waals surface area contributed by atoms with Gasteiger partial charge in [0.1, 0.15) is 5.82 Å². The molecule has 0 aliphatic carbocycles. The van der Waals surface area contributed by atoms with Crippen molar-refractivity contribution in [2.75, 3.05) is 13.2 Å². The number of rotatable bonds is 4. The predicted octanol–water partition coefficient (Wildman–Crippen LogP) is 4.61. The van der Waals surface area contributed by atoms with E-state index in [0.717, 1.165) is 23.8 Å². The number of hydrogen-bond acceptors (Lipinski definition) is 3. The van der Waals surface area contributed by atoms with Crippen molar-refractivity contribution in [3.8, 4) is 0 Å². The third-order valence-corrected chi connectivity index (χ3v) is 4.28. The fourth-order valence-electron chi connectivity index (χ4n) is 2.94. The highest BCUT2D eigenvalue weighted by molar-refractivity contribution is 5.28. The van der Waals surface area contributed by atoms with E-state index in [0.29, 0.717) is 13.2 Å². The number of nitrogens with one attached hydrogen (secondary N) is 1. The van der Waals surface area contributed by atoms with Crippen LogP contribution < -0.4 is 5.32 Å². The molecule has 1 N–H and O–H groups in total. The van der Waals surface area contributed by atoms with Gasteiger partial charge in [0, 0.05) is 12.1 Å². The molecule has 0 spiro atoms. The fourth-order valence-corrected chi connectivity index (χ4v) is 2.94. The SMILES string of the molecule is C[C@@H](O[C@H]1OCCN[C@H]1c1ccccc1)c1cc(C(F)(F)F)ccc1F. The summed E-state index contributed by atoms with van der Waals surface area (Å²) >= 11 is 0. The van der Waals surface area contributed by atoms with Gasteiger partial charge in [-0.1, -0.05) is 30.3 Å². The van der Waals surface area contributed by atoms with Gasteiger partial charge in [-0.2, -0.15) is 13.2 Å². The van der Waals surface area contributed by atoms with Crippen LogP contribution in [0.1, 0.15) is 35.8 Å². The summed E-state index contributed by atoms with van der Waals surface area (Å²) < 4.78 is 64.2. The van der Waals surface area contributed by atoms with E-state index < -0.39 is 30.0 Å². The molecular formula is C19H19F4NO2. The first kappa shape index (κ1) is 18.8. The Morgan fingerprint density at radius 3 is 2.58 bits per heavy atom. The second-order valence-corrected chi connectivity index (χ2v) is 6.09. The Morgan fingerprint density at radius 2 is 1.88 bits per heavy atom. The van der Waals surface area contributed by atoms with Crippen LogP contribution in [-0.4, -0.2) is 19.4 Å². The zero-order valence-electron chi connectivity index (χ0n) is 14.1. The highest BCUT2D eigenvalue weighted by atomic mass is 19.4. The fraction of sp³-hybridized carbons (Fsp3) is 0.368. The third kappa shape index (κ3) is 4.23. The molecule has 0 unspecified atom stereocenters. The summed E-state index contributed by atoms with van der Waals surface area (Å²) in [6.07, 6.45) is -6.19. The smallest absolute Gasteiger partial charge is 0.349 e. The standard InChI is InChI=1S/C19H19F4NO2/c1-12(15-11-14(19(21,22)23)7-8-16(15)20)26-18-17(24-9-10-25-18)13-5-3-2-4-6-13/h2-8,11-12,17-18,24H,9-10H2,1H3/t12-,17+,18-/m1/s1. The van der Waals surface area contributed by atoms with Crippen molar-refractivity contribution in [3.05, 3.63) is 71.0 Å². The monoisotopic (exact) mass is 369 g/mol. The molecule has 2 aromatic rings. The minimum absolute atomic E-state index is 0.152. The minimum Gasteiger partial charge on any atom is -0.349 e. The van der Waals surface area contributed by atoms with Crippen LogP contribution in [0.4, 0.5) is 17.6 Å². The predicted molar refractivity (Wildman–Crippen MR) is 87.8 cm³/mol. The lowest BCUT2D eigenvalue weighted by Crippen LogP contribution is -2.43.